The van der Waals surface area contributed by atoms with Crippen molar-refractivity contribution in [3.05, 3.63) is 88.4 Å². The molecule has 0 saturated carbocycles. The second-order valence-corrected chi connectivity index (χ2v) is 8.13. The van der Waals surface area contributed by atoms with Crippen LogP contribution in [-0.4, -0.2) is 18.9 Å². The third kappa shape index (κ3) is 3.55. The first kappa shape index (κ1) is 20.9. The van der Waals surface area contributed by atoms with Gasteiger partial charge in [-0.3, -0.25) is 14.5 Å². The van der Waals surface area contributed by atoms with E-state index < -0.39 is 5.54 Å². The lowest BCUT2D eigenvalue weighted by atomic mass is 9.76. The van der Waals surface area contributed by atoms with Gasteiger partial charge in [0.1, 0.15) is 5.75 Å². The molecule has 1 aliphatic heterocycles. The molecule has 3 aromatic carbocycles. The summed E-state index contributed by atoms with van der Waals surface area (Å²) in [6.45, 7) is 3.90. The Morgan fingerprint density at radius 2 is 1.61 bits per heavy atom. The number of ether oxygens (including phenoxy) is 1. The molecule has 1 unspecified atom stereocenters. The normalized spacial score (nSPS) is 17.8. The van der Waals surface area contributed by atoms with Crippen LogP contribution in [0.25, 0.3) is 0 Å². The minimum Gasteiger partial charge on any atom is -0.497 e. The van der Waals surface area contributed by atoms with E-state index in [-0.39, 0.29) is 18.2 Å². The zero-order valence-electron chi connectivity index (χ0n) is 17.6. The van der Waals surface area contributed by atoms with Crippen LogP contribution in [0.2, 0.25) is 5.02 Å². The highest BCUT2D eigenvalue weighted by Crippen LogP contribution is 2.46. The summed E-state index contributed by atoms with van der Waals surface area (Å²) < 4.78 is 5.27. The number of hydrogen-bond donors (Lipinski definition) is 1. The van der Waals surface area contributed by atoms with Crippen LogP contribution in [0.4, 0.5) is 11.4 Å². The van der Waals surface area contributed by atoms with Crippen molar-refractivity contribution in [3.8, 4) is 5.75 Å². The van der Waals surface area contributed by atoms with Crippen LogP contribution in [0, 0.1) is 13.8 Å². The Labute approximate surface area is 186 Å². The number of hydrogen-bond acceptors (Lipinski definition) is 3. The average Bonchev–Trinajstić information content (AvgIpc) is 2.76. The van der Waals surface area contributed by atoms with Gasteiger partial charge in [0.25, 0.3) is 5.91 Å². The summed E-state index contributed by atoms with van der Waals surface area (Å²) in [6.07, 6.45) is 0.0682. The van der Waals surface area contributed by atoms with Crippen molar-refractivity contribution in [1.29, 1.82) is 0 Å². The van der Waals surface area contributed by atoms with Crippen molar-refractivity contribution in [2.45, 2.75) is 25.8 Å². The van der Waals surface area contributed by atoms with Crippen molar-refractivity contribution < 1.29 is 14.3 Å². The predicted octanol–water partition coefficient (Wildman–Crippen LogP) is 5.24. The van der Waals surface area contributed by atoms with Crippen molar-refractivity contribution >= 4 is 34.8 Å². The lowest BCUT2D eigenvalue weighted by Crippen LogP contribution is -2.67. The molecule has 4 rings (SSSR count). The number of aryl methyl sites for hydroxylation is 2. The third-order valence-electron chi connectivity index (χ3n) is 5.79. The molecular weight excluding hydrogens is 412 g/mol. The molecule has 1 heterocycles. The van der Waals surface area contributed by atoms with Gasteiger partial charge in [-0.25, -0.2) is 0 Å². The number of rotatable bonds is 5. The van der Waals surface area contributed by atoms with Crippen LogP contribution in [-0.2, 0) is 15.1 Å². The van der Waals surface area contributed by atoms with Crippen LogP contribution in [0.15, 0.2) is 66.7 Å². The van der Waals surface area contributed by atoms with E-state index in [9.17, 15) is 9.59 Å². The van der Waals surface area contributed by atoms with Gasteiger partial charge in [0.05, 0.1) is 13.5 Å². The maximum atomic E-state index is 13.8. The average molecular weight is 435 g/mol. The number of para-hydroxylation sites is 1. The van der Waals surface area contributed by atoms with E-state index in [1.165, 1.54) is 0 Å². The molecule has 0 radical (unpaired) electrons. The van der Waals surface area contributed by atoms with Crippen LogP contribution in [0.1, 0.15) is 23.1 Å². The second-order valence-electron chi connectivity index (χ2n) is 7.69. The number of carbonyl (C=O) groups is 2. The zero-order valence-corrected chi connectivity index (χ0v) is 18.4. The Morgan fingerprint density at radius 3 is 2.16 bits per heavy atom. The maximum absolute atomic E-state index is 13.8. The Morgan fingerprint density at radius 1 is 1.00 bits per heavy atom. The number of anilines is 2. The summed E-state index contributed by atoms with van der Waals surface area (Å²) in [5.41, 5.74) is 2.84. The van der Waals surface area contributed by atoms with Gasteiger partial charge in [0, 0.05) is 16.4 Å². The molecule has 1 fully saturated rings. The van der Waals surface area contributed by atoms with Gasteiger partial charge in [0.2, 0.25) is 5.91 Å². The Balaban J connectivity index is 1.82. The maximum Gasteiger partial charge on any atom is 0.255 e. The van der Waals surface area contributed by atoms with Gasteiger partial charge in [0.15, 0.2) is 5.54 Å². The van der Waals surface area contributed by atoms with Crippen LogP contribution in [0.3, 0.4) is 0 Å². The fourth-order valence-electron chi connectivity index (χ4n) is 4.09. The molecule has 1 N–H and O–H groups in total. The molecule has 1 saturated heterocycles. The summed E-state index contributed by atoms with van der Waals surface area (Å²) in [7, 11) is 1.59. The molecule has 3 aromatic rings. The number of halogens is 1. The van der Waals surface area contributed by atoms with Crippen LogP contribution < -0.4 is 15.0 Å². The third-order valence-corrected chi connectivity index (χ3v) is 6.04. The first-order valence-corrected chi connectivity index (χ1v) is 10.4. The Hall–Kier alpha value is -3.31. The first-order valence-electron chi connectivity index (χ1n) is 9.97. The largest absolute Gasteiger partial charge is 0.497 e. The summed E-state index contributed by atoms with van der Waals surface area (Å²) in [5, 5.41) is 3.65. The summed E-state index contributed by atoms with van der Waals surface area (Å²) >= 11 is 6.04. The van der Waals surface area contributed by atoms with Crippen molar-refractivity contribution in [2.75, 3.05) is 17.3 Å². The van der Waals surface area contributed by atoms with Crippen LogP contribution >= 0.6 is 11.6 Å². The minimum absolute atomic E-state index is 0.0682. The molecule has 0 spiro atoms. The molecule has 5 nitrogen and oxygen atoms in total. The number of carbonyl (C=O) groups excluding carboxylic acids is 2. The molecule has 1 aliphatic rings. The highest BCUT2D eigenvalue weighted by atomic mass is 35.5. The molecule has 0 aliphatic carbocycles. The van der Waals surface area contributed by atoms with E-state index in [4.69, 9.17) is 16.3 Å². The number of amides is 2. The van der Waals surface area contributed by atoms with E-state index in [1.807, 2.05) is 44.2 Å². The topological polar surface area (TPSA) is 58.6 Å². The second kappa shape index (κ2) is 8.08. The van der Waals surface area contributed by atoms with Crippen molar-refractivity contribution in [3.63, 3.8) is 0 Å². The number of methoxy groups -OCH3 is 1. The summed E-state index contributed by atoms with van der Waals surface area (Å²) in [6, 6.07) is 20.0. The van der Waals surface area contributed by atoms with Crippen molar-refractivity contribution in [2.24, 2.45) is 0 Å². The number of nitrogens with one attached hydrogen (secondary N) is 1. The van der Waals surface area contributed by atoms with E-state index in [0.29, 0.717) is 22.0 Å². The number of benzene rings is 3. The smallest absolute Gasteiger partial charge is 0.255 e. The molecule has 0 bridgehead atoms. The SMILES string of the molecule is COc1ccc(C2(C(=O)Nc3c(C)cccc3C)CC(=O)N2c2ccc(Cl)cc2)cc1. The molecule has 158 valence electrons. The lowest BCUT2D eigenvalue weighted by molar-refractivity contribution is -0.137. The number of β-lactam (4-membered cyclic amide) rings is 1. The van der Waals surface area contributed by atoms with E-state index in [0.717, 1.165) is 16.8 Å². The minimum atomic E-state index is -1.17. The highest BCUT2D eigenvalue weighted by Gasteiger charge is 2.58. The molecule has 6 heteroatoms. The molecule has 1 atom stereocenters. The predicted molar refractivity (Wildman–Crippen MR) is 123 cm³/mol. The monoisotopic (exact) mass is 434 g/mol. The summed E-state index contributed by atoms with van der Waals surface area (Å²) in [4.78, 5) is 28.2. The zero-order chi connectivity index (χ0) is 22.2. The van der Waals surface area contributed by atoms with E-state index >= 15 is 0 Å². The van der Waals surface area contributed by atoms with E-state index in [1.54, 1.807) is 48.4 Å². The highest BCUT2D eigenvalue weighted by molar-refractivity contribution is 6.30. The quantitative estimate of drug-likeness (QED) is 0.559. The van der Waals surface area contributed by atoms with Gasteiger partial charge in [-0.15, -0.1) is 0 Å². The van der Waals surface area contributed by atoms with Gasteiger partial charge in [-0.2, -0.15) is 0 Å². The molecule has 2 amide bonds. The summed E-state index contributed by atoms with van der Waals surface area (Å²) in [5.74, 6) is 0.289. The Bertz CT molecular complexity index is 1120. The molecule has 31 heavy (non-hydrogen) atoms. The Kier molecular flexibility index (Phi) is 5.46. The van der Waals surface area contributed by atoms with Gasteiger partial charge in [-0.05, 0) is 66.9 Å². The van der Waals surface area contributed by atoms with Gasteiger partial charge in [-0.1, -0.05) is 41.9 Å². The fraction of sp³-hybridized carbons (Fsp3) is 0.200. The first-order chi connectivity index (χ1) is 14.9. The van der Waals surface area contributed by atoms with Gasteiger partial charge < -0.3 is 10.1 Å². The number of nitrogens with zero attached hydrogens (tertiary/aromatic N) is 1. The molecule has 0 aromatic heterocycles. The van der Waals surface area contributed by atoms with Crippen molar-refractivity contribution in [1.82, 2.24) is 0 Å². The molecular formula is C25H23ClN2O3. The fourth-order valence-corrected chi connectivity index (χ4v) is 4.22. The van der Waals surface area contributed by atoms with Crippen LogP contribution in [0.5, 0.6) is 5.75 Å². The lowest BCUT2D eigenvalue weighted by Gasteiger charge is -2.50. The van der Waals surface area contributed by atoms with Gasteiger partial charge >= 0.3 is 0 Å². The van der Waals surface area contributed by atoms with E-state index in [2.05, 4.69) is 5.32 Å². The standard InChI is InChI=1S/C25H23ClN2O3/c1-16-5-4-6-17(2)23(16)27-24(30)25(18-7-13-21(31-3)14-8-18)15-22(29)28(25)20-11-9-19(26)10-12-20/h4-14H,15H2,1-3H3,(H,27,30).